The van der Waals surface area contributed by atoms with Crippen molar-refractivity contribution in [3.63, 3.8) is 0 Å². The molecule has 0 radical (unpaired) electrons. The van der Waals surface area contributed by atoms with E-state index in [4.69, 9.17) is 16.6 Å². The second-order valence-corrected chi connectivity index (χ2v) is 7.35. The SMILES string of the molecule is CCN(CC)c1nc2c(C#N)c(SC)nc(C)c2c(=O)n1-c1ccc(Cl)cc1. The number of rotatable bonds is 5. The smallest absolute Gasteiger partial charge is 0.269 e. The molecule has 8 heteroatoms. The molecule has 0 saturated carbocycles. The molecule has 0 N–H and O–H groups in total. The Morgan fingerprint density at radius 3 is 2.39 bits per heavy atom. The lowest BCUT2D eigenvalue weighted by Gasteiger charge is -2.24. The van der Waals surface area contributed by atoms with Crippen LogP contribution in [0.4, 0.5) is 5.95 Å². The minimum Gasteiger partial charge on any atom is -0.342 e. The molecule has 0 fully saturated rings. The molecular formula is C20H20ClN5OS. The molecule has 144 valence electrons. The van der Waals surface area contributed by atoms with Crippen molar-refractivity contribution < 1.29 is 0 Å². The lowest BCUT2D eigenvalue weighted by atomic mass is 10.1. The van der Waals surface area contributed by atoms with Crippen LogP contribution in [0, 0.1) is 18.3 Å². The van der Waals surface area contributed by atoms with Gasteiger partial charge in [0.25, 0.3) is 5.56 Å². The first kappa shape index (κ1) is 20.2. The fourth-order valence-corrected chi connectivity index (χ4v) is 3.87. The highest BCUT2D eigenvalue weighted by atomic mass is 35.5. The summed E-state index contributed by atoms with van der Waals surface area (Å²) in [4.78, 5) is 24.8. The van der Waals surface area contributed by atoms with E-state index in [1.54, 1.807) is 35.8 Å². The number of benzene rings is 1. The van der Waals surface area contributed by atoms with E-state index in [9.17, 15) is 10.1 Å². The molecular weight excluding hydrogens is 394 g/mol. The van der Waals surface area contributed by atoms with Crippen LogP contribution in [0.1, 0.15) is 25.1 Å². The van der Waals surface area contributed by atoms with Crippen LogP contribution >= 0.6 is 23.4 Å². The predicted molar refractivity (Wildman–Crippen MR) is 115 cm³/mol. The molecule has 0 aliphatic heterocycles. The minimum atomic E-state index is -0.247. The van der Waals surface area contributed by atoms with Gasteiger partial charge >= 0.3 is 0 Å². The number of pyridine rings is 1. The van der Waals surface area contributed by atoms with Gasteiger partial charge in [-0.1, -0.05) is 11.6 Å². The molecule has 0 spiro atoms. The molecule has 0 saturated heterocycles. The summed E-state index contributed by atoms with van der Waals surface area (Å²) < 4.78 is 1.57. The van der Waals surface area contributed by atoms with Crippen LogP contribution < -0.4 is 10.5 Å². The highest BCUT2D eigenvalue weighted by molar-refractivity contribution is 7.98. The highest BCUT2D eigenvalue weighted by Crippen LogP contribution is 2.28. The van der Waals surface area contributed by atoms with Crippen LogP contribution in [-0.4, -0.2) is 33.9 Å². The number of nitrogens with zero attached hydrogens (tertiary/aromatic N) is 5. The molecule has 0 aliphatic carbocycles. The number of hydrogen-bond donors (Lipinski definition) is 0. The van der Waals surface area contributed by atoms with Crippen molar-refractivity contribution in [2.45, 2.75) is 25.8 Å². The zero-order chi connectivity index (χ0) is 20.4. The Labute approximate surface area is 172 Å². The summed E-state index contributed by atoms with van der Waals surface area (Å²) in [5.74, 6) is 0.499. The third kappa shape index (κ3) is 3.34. The van der Waals surface area contributed by atoms with Gasteiger partial charge in [-0.25, -0.2) is 14.5 Å². The molecule has 28 heavy (non-hydrogen) atoms. The molecule has 0 aliphatic rings. The summed E-state index contributed by atoms with van der Waals surface area (Å²) in [6, 6.07) is 9.23. The molecule has 0 atom stereocenters. The van der Waals surface area contributed by atoms with Gasteiger partial charge in [0, 0.05) is 18.1 Å². The Kier molecular flexibility index (Phi) is 5.92. The molecule has 1 aromatic carbocycles. The Balaban J connectivity index is 2.52. The maximum atomic E-state index is 13.6. The zero-order valence-corrected chi connectivity index (χ0v) is 17.7. The number of anilines is 1. The van der Waals surface area contributed by atoms with Gasteiger partial charge < -0.3 is 4.90 Å². The van der Waals surface area contributed by atoms with Crippen molar-refractivity contribution in [1.29, 1.82) is 5.26 Å². The first-order valence-electron chi connectivity index (χ1n) is 8.89. The summed E-state index contributed by atoms with van der Waals surface area (Å²) in [5.41, 5.74) is 1.71. The zero-order valence-electron chi connectivity index (χ0n) is 16.2. The van der Waals surface area contributed by atoms with E-state index in [0.29, 0.717) is 56.9 Å². The van der Waals surface area contributed by atoms with Crippen LogP contribution in [0.3, 0.4) is 0 Å². The van der Waals surface area contributed by atoms with Crippen molar-refractivity contribution in [3.05, 3.63) is 50.9 Å². The molecule has 0 unspecified atom stereocenters. The van der Waals surface area contributed by atoms with Gasteiger partial charge in [0.05, 0.1) is 16.8 Å². The van der Waals surface area contributed by atoms with Gasteiger partial charge in [0.15, 0.2) is 0 Å². The Bertz CT molecular complexity index is 1130. The summed E-state index contributed by atoms with van der Waals surface area (Å²) in [6.07, 6.45) is 1.86. The fraction of sp³-hybridized carbons (Fsp3) is 0.300. The number of nitriles is 1. The van der Waals surface area contributed by atoms with Crippen molar-refractivity contribution in [2.24, 2.45) is 0 Å². The summed E-state index contributed by atoms with van der Waals surface area (Å²) in [7, 11) is 0. The number of aromatic nitrogens is 3. The molecule has 6 nitrogen and oxygen atoms in total. The average Bonchev–Trinajstić information content (AvgIpc) is 2.69. The molecule has 2 aromatic heterocycles. The third-order valence-corrected chi connectivity index (χ3v) is 5.52. The maximum Gasteiger partial charge on any atom is 0.269 e. The lowest BCUT2D eigenvalue weighted by Crippen LogP contribution is -2.32. The monoisotopic (exact) mass is 413 g/mol. The van der Waals surface area contributed by atoms with Crippen molar-refractivity contribution in [1.82, 2.24) is 14.5 Å². The molecule has 3 aromatic rings. The number of hydrogen-bond acceptors (Lipinski definition) is 6. The van der Waals surface area contributed by atoms with E-state index < -0.39 is 0 Å². The van der Waals surface area contributed by atoms with E-state index >= 15 is 0 Å². The normalized spacial score (nSPS) is 10.9. The maximum absolute atomic E-state index is 13.6. The Hall–Kier alpha value is -2.56. The number of halogens is 1. The third-order valence-electron chi connectivity index (χ3n) is 4.58. The topological polar surface area (TPSA) is 74.8 Å². The van der Waals surface area contributed by atoms with Crippen LogP contribution in [0.25, 0.3) is 16.6 Å². The molecule has 3 rings (SSSR count). The van der Waals surface area contributed by atoms with Crippen LogP contribution in [0.5, 0.6) is 0 Å². The van der Waals surface area contributed by atoms with E-state index in [0.717, 1.165) is 0 Å². The minimum absolute atomic E-state index is 0.247. The molecule has 2 heterocycles. The quantitative estimate of drug-likeness (QED) is 0.584. The summed E-state index contributed by atoms with van der Waals surface area (Å²) in [6.45, 7) is 7.12. The highest BCUT2D eigenvalue weighted by Gasteiger charge is 2.22. The molecule has 0 amide bonds. The van der Waals surface area contributed by atoms with E-state index in [-0.39, 0.29) is 5.56 Å². The summed E-state index contributed by atoms with van der Waals surface area (Å²) >= 11 is 7.40. The second kappa shape index (κ2) is 8.21. The largest absolute Gasteiger partial charge is 0.342 e. The van der Waals surface area contributed by atoms with Gasteiger partial charge in [-0.15, -0.1) is 11.8 Å². The lowest BCUT2D eigenvalue weighted by molar-refractivity contribution is 0.785. The van der Waals surface area contributed by atoms with E-state index in [2.05, 4.69) is 11.1 Å². The van der Waals surface area contributed by atoms with Crippen molar-refractivity contribution in [3.8, 4) is 11.8 Å². The number of aryl methyl sites for hydroxylation is 1. The van der Waals surface area contributed by atoms with Gasteiger partial charge in [0.2, 0.25) is 5.95 Å². The van der Waals surface area contributed by atoms with Crippen LogP contribution in [0.2, 0.25) is 5.02 Å². The van der Waals surface area contributed by atoms with Gasteiger partial charge in [-0.3, -0.25) is 4.79 Å². The predicted octanol–water partition coefficient (Wildman–Crippen LogP) is 4.18. The second-order valence-electron chi connectivity index (χ2n) is 6.12. The van der Waals surface area contributed by atoms with Crippen LogP contribution in [-0.2, 0) is 0 Å². The van der Waals surface area contributed by atoms with Gasteiger partial charge in [0.1, 0.15) is 22.2 Å². The number of fused-ring (bicyclic) bond motifs is 1. The van der Waals surface area contributed by atoms with Gasteiger partial charge in [-0.05, 0) is 51.3 Å². The first-order chi connectivity index (χ1) is 13.5. The number of thioether (sulfide) groups is 1. The van der Waals surface area contributed by atoms with Crippen molar-refractivity contribution in [2.75, 3.05) is 24.2 Å². The standard InChI is InChI=1S/C20H20ClN5OS/c1-5-25(6-2)20-24-17-15(11-22)18(28-4)23-12(3)16(17)19(27)26(20)14-9-7-13(21)8-10-14/h7-10H,5-6H2,1-4H3. The van der Waals surface area contributed by atoms with E-state index in [1.807, 2.05) is 25.0 Å². The Morgan fingerprint density at radius 1 is 1.21 bits per heavy atom. The molecule has 0 bridgehead atoms. The average molecular weight is 414 g/mol. The van der Waals surface area contributed by atoms with E-state index in [1.165, 1.54) is 11.8 Å². The first-order valence-corrected chi connectivity index (χ1v) is 10.5. The van der Waals surface area contributed by atoms with Crippen LogP contribution in [0.15, 0.2) is 34.1 Å². The Morgan fingerprint density at radius 2 is 1.86 bits per heavy atom. The van der Waals surface area contributed by atoms with Gasteiger partial charge in [-0.2, -0.15) is 5.26 Å². The fourth-order valence-electron chi connectivity index (χ4n) is 3.17. The summed E-state index contributed by atoms with van der Waals surface area (Å²) in [5, 5.41) is 11.2. The van der Waals surface area contributed by atoms with Crippen molar-refractivity contribution >= 4 is 40.2 Å².